The summed E-state index contributed by atoms with van der Waals surface area (Å²) in [5.41, 5.74) is 8.91. The van der Waals surface area contributed by atoms with Crippen molar-refractivity contribution in [1.29, 1.82) is 0 Å². The molecule has 1 heterocycles. The first-order chi connectivity index (χ1) is 8.97. The predicted octanol–water partition coefficient (Wildman–Crippen LogP) is 1.84. The first-order valence-corrected chi connectivity index (χ1v) is 6.49. The number of hydrogen-bond donors (Lipinski definition) is 2. The second-order valence-electron chi connectivity index (χ2n) is 5.09. The minimum atomic E-state index is 0.0314. The molecule has 0 saturated heterocycles. The summed E-state index contributed by atoms with van der Waals surface area (Å²) in [6.45, 7) is 6.47. The highest BCUT2D eigenvalue weighted by Crippen LogP contribution is 2.19. The summed E-state index contributed by atoms with van der Waals surface area (Å²) in [4.78, 5) is 16.0. The maximum atomic E-state index is 11.7. The Bertz CT molecular complexity index is 601. The van der Waals surface area contributed by atoms with Crippen LogP contribution in [-0.2, 0) is 11.3 Å². The molecule has 0 spiro atoms. The molecule has 0 atom stereocenters. The number of fused-ring (bicyclic) bond motifs is 1. The van der Waals surface area contributed by atoms with E-state index in [1.807, 2.05) is 43.5 Å². The van der Waals surface area contributed by atoms with Gasteiger partial charge in [0.05, 0.1) is 11.0 Å². The Labute approximate surface area is 112 Å². The average Bonchev–Trinajstić information content (AvgIpc) is 2.61. The Morgan fingerprint density at radius 1 is 1.47 bits per heavy atom. The van der Waals surface area contributed by atoms with Crippen LogP contribution in [0, 0.1) is 6.92 Å². The van der Waals surface area contributed by atoms with E-state index in [9.17, 15) is 4.79 Å². The molecule has 0 saturated carbocycles. The van der Waals surface area contributed by atoms with E-state index in [0.717, 1.165) is 16.6 Å². The lowest BCUT2D eigenvalue weighted by Gasteiger charge is -2.10. The van der Waals surface area contributed by atoms with Crippen molar-refractivity contribution in [2.75, 3.05) is 5.73 Å². The second-order valence-corrected chi connectivity index (χ2v) is 5.09. The third kappa shape index (κ3) is 3.05. The molecule has 3 N–H and O–H groups in total. The number of hydrogen-bond acceptors (Lipinski definition) is 3. The number of anilines is 1. The summed E-state index contributed by atoms with van der Waals surface area (Å²) in [7, 11) is 0. The molecule has 0 radical (unpaired) electrons. The van der Waals surface area contributed by atoms with Gasteiger partial charge in [-0.3, -0.25) is 4.79 Å². The number of nitrogen functional groups attached to an aromatic ring is 1. The average molecular weight is 260 g/mol. The van der Waals surface area contributed by atoms with Crippen LogP contribution in [0.25, 0.3) is 11.0 Å². The van der Waals surface area contributed by atoms with Crippen LogP contribution in [0.2, 0.25) is 0 Å². The van der Waals surface area contributed by atoms with E-state index in [0.29, 0.717) is 18.9 Å². The maximum absolute atomic E-state index is 11.7. The van der Waals surface area contributed by atoms with Crippen molar-refractivity contribution >= 4 is 22.9 Å². The fourth-order valence-corrected chi connectivity index (χ4v) is 2.09. The normalized spacial score (nSPS) is 11.2. The summed E-state index contributed by atoms with van der Waals surface area (Å²) in [6.07, 6.45) is 0.405. The first kappa shape index (κ1) is 13.4. The highest BCUT2D eigenvalue weighted by Gasteiger charge is 2.10. The van der Waals surface area contributed by atoms with Crippen LogP contribution < -0.4 is 11.1 Å². The summed E-state index contributed by atoms with van der Waals surface area (Å²) in [5.74, 6) is 0.488. The van der Waals surface area contributed by atoms with E-state index in [1.54, 1.807) is 0 Å². The van der Waals surface area contributed by atoms with E-state index >= 15 is 0 Å². The quantitative estimate of drug-likeness (QED) is 0.881. The third-order valence-corrected chi connectivity index (χ3v) is 2.95. The largest absolute Gasteiger partial charge is 0.369 e. The molecule has 1 aromatic carbocycles. The van der Waals surface area contributed by atoms with Crippen molar-refractivity contribution in [3.05, 3.63) is 23.8 Å². The molecule has 0 aliphatic heterocycles. The van der Waals surface area contributed by atoms with Crippen molar-refractivity contribution in [2.24, 2.45) is 0 Å². The van der Waals surface area contributed by atoms with Crippen molar-refractivity contribution in [3.63, 3.8) is 0 Å². The Kier molecular flexibility index (Phi) is 3.74. The zero-order valence-corrected chi connectivity index (χ0v) is 11.6. The number of nitrogens with one attached hydrogen (secondary N) is 1. The van der Waals surface area contributed by atoms with Crippen LogP contribution in [0.15, 0.2) is 18.2 Å². The van der Waals surface area contributed by atoms with Gasteiger partial charge in [0.15, 0.2) is 0 Å². The second kappa shape index (κ2) is 5.30. The molecule has 2 rings (SSSR count). The number of amides is 1. The molecule has 19 heavy (non-hydrogen) atoms. The van der Waals surface area contributed by atoms with Crippen molar-refractivity contribution in [2.45, 2.75) is 39.8 Å². The Hall–Kier alpha value is -2.04. The highest BCUT2D eigenvalue weighted by atomic mass is 16.1. The van der Waals surface area contributed by atoms with E-state index < -0.39 is 0 Å². The lowest BCUT2D eigenvalue weighted by atomic mass is 10.2. The molecular formula is C14H20N4O. The Morgan fingerprint density at radius 3 is 2.89 bits per heavy atom. The van der Waals surface area contributed by atoms with Crippen LogP contribution >= 0.6 is 0 Å². The molecule has 0 unspecified atom stereocenters. The van der Waals surface area contributed by atoms with Gasteiger partial charge >= 0.3 is 0 Å². The van der Waals surface area contributed by atoms with E-state index in [1.165, 1.54) is 0 Å². The fraction of sp³-hybridized carbons (Fsp3) is 0.429. The van der Waals surface area contributed by atoms with Gasteiger partial charge in [-0.2, -0.15) is 0 Å². The fourth-order valence-electron chi connectivity index (χ4n) is 2.09. The van der Waals surface area contributed by atoms with Gasteiger partial charge in [-0.05, 0) is 38.5 Å². The summed E-state index contributed by atoms with van der Waals surface area (Å²) < 4.78 is 1.89. The zero-order chi connectivity index (χ0) is 14.0. The lowest BCUT2D eigenvalue weighted by Crippen LogP contribution is -2.30. The number of aryl methyl sites for hydroxylation is 2. The number of aromatic nitrogens is 2. The Morgan fingerprint density at radius 2 is 2.21 bits per heavy atom. The van der Waals surface area contributed by atoms with Crippen LogP contribution in [-0.4, -0.2) is 21.5 Å². The number of benzene rings is 1. The van der Waals surface area contributed by atoms with Crippen molar-refractivity contribution in [3.8, 4) is 0 Å². The predicted molar refractivity (Wildman–Crippen MR) is 76.8 cm³/mol. The number of imidazole rings is 1. The van der Waals surface area contributed by atoms with Gasteiger partial charge in [-0.1, -0.05) is 6.07 Å². The molecule has 2 aromatic rings. The number of nitrogens with two attached hydrogens (primary N) is 1. The number of carbonyl (C=O) groups excluding carboxylic acids is 1. The van der Waals surface area contributed by atoms with Gasteiger partial charge in [-0.15, -0.1) is 0 Å². The van der Waals surface area contributed by atoms with E-state index in [4.69, 9.17) is 5.73 Å². The van der Waals surface area contributed by atoms with Gasteiger partial charge < -0.3 is 15.6 Å². The molecule has 0 aliphatic carbocycles. The molecule has 0 bridgehead atoms. The van der Waals surface area contributed by atoms with Crippen molar-refractivity contribution < 1.29 is 4.79 Å². The third-order valence-electron chi connectivity index (χ3n) is 2.95. The first-order valence-electron chi connectivity index (χ1n) is 6.49. The molecule has 0 fully saturated rings. The standard InChI is InChI=1S/C14H20N4O/c1-9(2)16-13(19)6-7-18-12-8-10(3)4-5-11(12)17-14(18)15/h4-5,8-9H,6-7H2,1-3H3,(H2,15,17)(H,16,19). The van der Waals surface area contributed by atoms with Crippen LogP contribution in [0.4, 0.5) is 5.95 Å². The summed E-state index contributed by atoms with van der Waals surface area (Å²) in [6, 6.07) is 6.15. The molecule has 5 heteroatoms. The van der Waals surface area contributed by atoms with Crippen LogP contribution in [0.5, 0.6) is 0 Å². The van der Waals surface area contributed by atoms with E-state index in [-0.39, 0.29) is 11.9 Å². The number of nitrogens with zero attached hydrogens (tertiary/aromatic N) is 2. The Balaban J connectivity index is 2.18. The molecule has 1 aromatic heterocycles. The molecular weight excluding hydrogens is 240 g/mol. The van der Waals surface area contributed by atoms with Gasteiger partial charge in [-0.25, -0.2) is 4.98 Å². The van der Waals surface area contributed by atoms with Gasteiger partial charge in [0.2, 0.25) is 11.9 Å². The van der Waals surface area contributed by atoms with Crippen molar-refractivity contribution in [1.82, 2.24) is 14.9 Å². The van der Waals surface area contributed by atoms with Gasteiger partial charge in [0.1, 0.15) is 0 Å². The summed E-state index contributed by atoms with van der Waals surface area (Å²) >= 11 is 0. The minimum absolute atomic E-state index is 0.0314. The monoisotopic (exact) mass is 260 g/mol. The SMILES string of the molecule is Cc1ccc2nc(N)n(CCC(=O)NC(C)C)c2c1. The van der Waals surface area contributed by atoms with E-state index in [2.05, 4.69) is 10.3 Å². The molecule has 1 amide bonds. The minimum Gasteiger partial charge on any atom is -0.369 e. The smallest absolute Gasteiger partial charge is 0.221 e. The molecule has 102 valence electrons. The topological polar surface area (TPSA) is 72.9 Å². The number of rotatable bonds is 4. The van der Waals surface area contributed by atoms with Gasteiger partial charge in [0.25, 0.3) is 0 Å². The lowest BCUT2D eigenvalue weighted by molar-refractivity contribution is -0.121. The van der Waals surface area contributed by atoms with Gasteiger partial charge in [0, 0.05) is 19.0 Å². The number of carbonyl (C=O) groups is 1. The molecule has 5 nitrogen and oxygen atoms in total. The maximum Gasteiger partial charge on any atom is 0.221 e. The van der Waals surface area contributed by atoms with Crippen LogP contribution in [0.1, 0.15) is 25.8 Å². The summed E-state index contributed by atoms with van der Waals surface area (Å²) in [5, 5.41) is 2.87. The van der Waals surface area contributed by atoms with Crippen LogP contribution in [0.3, 0.4) is 0 Å². The zero-order valence-electron chi connectivity index (χ0n) is 11.6. The molecule has 0 aliphatic rings. The highest BCUT2D eigenvalue weighted by molar-refractivity contribution is 5.80.